The van der Waals surface area contributed by atoms with Crippen LogP contribution < -0.4 is 10.5 Å². The minimum absolute atomic E-state index is 0.142. The minimum atomic E-state index is -2.48. The molecule has 0 aliphatic carbocycles. The molecule has 1 aromatic rings. The smallest absolute Gasteiger partial charge is 0.137 e. The van der Waals surface area contributed by atoms with Crippen LogP contribution >= 0.6 is 11.6 Å². The fraction of sp³-hybridized carbons (Fsp3) is 0.250. The summed E-state index contributed by atoms with van der Waals surface area (Å²) in [7, 11) is -2.48. The normalized spacial score (nSPS) is 14.9. The van der Waals surface area contributed by atoms with Gasteiger partial charge in [-0.15, -0.1) is 0 Å². The highest BCUT2D eigenvalue weighted by Gasteiger charge is 1.99. The number of benzene rings is 1. The molecule has 0 atom stereocenters. The molecule has 1 aromatic carbocycles. The monoisotopic (exact) mass is 174 g/mol. The van der Waals surface area contributed by atoms with Gasteiger partial charge in [-0.05, 0) is 17.7 Å². The summed E-state index contributed by atoms with van der Waals surface area (Å²) in [4.78, 5) is 0. The van der Waals surface area contributed by atoms with Gasteiger partial charge in [0, 0.05) is 6.54 Å². The van der Waals surface area contributed by atoms with Crippen LogP contribution in [0.5, 0.6) is 5.75 Å². The van der Waals surface area contributed by atoms with Crippen molar-refractivity contribution in [1.29, 1.82) is 0 Å². The Morgan fingerprint density at radius 1 is 1.73 bits per heavy atom. The number of methoxy groups -OCH3 is 1. The number of nitrogens with two attached hydrogens (primary N) is 1. The zero-order valence-electron chi connectivity index (χ0n) is 8.80. The van der Waals surface area contributed by atoms with Gasteiger partial charge in [0.2, 0.25) is 0 Å². The molecule has 0 saturated carbocycles. The highest BCUT2D eigenvalue weighted by atomic mass is 35.5. The predicted octanol–water partition coefficient (Wildman–Crippen LogP) is 1.81. The average molecular weight is 175 g/mol. The van der Waals surface area contributed by atoms with E-state index in [1.165, 1.54) is 6.07 Å². The molecule has 0 radical (unpaired) electrons. The Bertz CT molecular complexity index is 327. The molecular weight excluding hydrogens is 162 g/mol. The van der Waals surface area contributed by atoms with Gasteiger partial charge in [-0.3, -0.25) is 0 Å². The molecule has 0 fully saturated rings. The van der Waals surface area contributed by atoms with Crippen molar-refractivity contribution in [3.63, 3.8) is 0 Å². The molecule has 0 heterocycles. The lowest BCUT2D eigenvalue weighted by molar-refractivity contribution is 0.415. The first-order valence-corrected chi connectivity index (χ1v) is 3.48. The minimum Gasteiger partial charge on any atom is -0.495 e. The molecule has 1 rings (SSSR count). The van der Waals surface area contributed by atoms with E-state index in [2.05, 4.69) is 4.74 Å². The summed E-state index contributed by atoms with van der Waals surface area (Å²) in [6.45, 7) is 0.355. The largest absolute Gasteiger partial charge is 0.495 e. The molecule has 0 bridgehead atoms. The van der Waals surface area contributed by atoms with Crippen LogP contribution in [0.2, 0.25) is 5.02 Å². The van der Waals surface area contributed by atoms with Crippen molar-refractivity contribution in [1.82, 2.24) is 0 Å². The Hall–Kier alpha value is -0.730. The summed E-state index contributed by atoms with van der Waals surface area (Å²) in [6, 6.07) is 4.76. The first-order valence-electron chi connectivity index (χ1n) is 4.60. The summed E-state index contributed by atoms with van der Waals surface area (Å²) in [6.07, 6.45) is 0. The summed E-state index contributed by atoms with van der Waals surface area (Å²) in [5.41, 5.74) is 6.21. The third kappa shape index (κ3) is 1.85. The molecule has 0 amide bonds. The van der Waals surface area contributed by atoms with Crippen molar-refractivity contribution in [2.24, 2.45) is 5.73 Å². The Kier molecular flexibility index (Phi) is 1.64. The van der Waals surface area contributed by atoms with E-state index >= 15 is 0 Å². The first-order chi connectivity index (χ1) is 6.42. The van der Waals surface area contributed by atoms with Crippen molar-refractivity contribution in [2.45, 2.75) is 6.54 Å². The van der Waals surface area contributed by atoms with Crippen molar-refractivity contribution in [3.8, 4) is 5.75 Å². The topological polar surface area (TPSA) is 35.2 Å². The Morgan fingerprint density at radius 2 is 2.55 bits per heavy atom. The van der Waals surface area contributed by atoms with Gasteiger partial charge in [0.05, 0.1) is 16.2 Å². The van der Waals surface area contributed by atoms with Gasteiger partial charge < -0.3 is 10.5 Å². The molecule has 60 valence electrons. The molecule has 0 aliphatic rings. The van der Waals surface area contributed by atoms with Crippen molar-refractivity contribution < 1.29 is 8.85 Å². The molecule has 11 heavy (non-hydrogen) atoms. The molecule has 2 N–H and O–H groups in total. The molecule has 3 heteroatoms. The van der Waals surface area contributed by atoms with Crippen LogP contribution in [0.15, 0.2) is 18.2 Å². The third-order valence-electron chi connectivity index (χ3n) is 1.34. The van der Waals surface area contributed by atoms with E-state index in [0.29, 0.717) is 6.54 Å². The second-order valence-corrected chi connectivity index (χ2v) is 2.48. The van der Waals surface area contributed by atoms with E-state index in [4.69, 9.17) is 21.4 Å². The van der Waals surface area contributed by atoms with Crippen LogP contribution in [0.1, 0.15) is 9.68 Å². The maximum absolute atomic E-state index is 6.89. The number of halogens is 1. The van der Waals surface area contributed by atoms with Gasteiger partial charge in [0.15, 0.2) is 0 Å². The highest BCUT2D eigenvalue weighted by Crippen LogP contribution is 2.24. The van der Waals surface area contributed by atoms with Gasteiger partial charge in [-0.25, -0.2) is 0 Å². The van der Waals surface area contributed by atoms with E-state index in [1.54, 1.807) is 12.1 Å². The molecule has 0 aromatic heterocycles. The maximum atomic E-state index is 6.89. The molecule has 0 aliphatic heterocycles. The number of hydrogen-bond acceptors (Lipinski definition) is 2. The van der Waals surface area contributed by atoms with Crippen LogP contribution in [-0.4, -0.2) is 7.04 Å². The molecule has 0 saturated heterocycles. The van der Waals surface area contributed by atoms with Crippen LogP contribution in [0.4, 0.5) is 0 Å². The molecule has 0 spiro atoms. The van der Waals surface area contributed by atoms with Crippen LogP contribution in [0, 0.1) is 0 Å². The second-order valence-electron chi connectivity index (χ2n) is 2.07. The quantitative estimate of drug-likeness (QED) is 0.742. The Morgan fingerprint density at radius 3 is 3.09 bits per heavy atom. The van der Waals surface area contributed by atoms with Gasteiger partial charge in [-0.2, -0.15) is 0 Å². The molecule has 0 unspecified atom stereocenters. The van der Waals surface area contributed by atoms with E-state index in [1.807, 2.05) is 0 Å². The number of rotatable bonds is 2. The fourth-order valence-corrected chi connectivity index (χ4v) is 0.996. The fourth-order valence-electron chi connectivity index (χ4n) is 0.754. The predicted molar refractivity (Wildman–Crippen MR) is 45.9 cm³/mol. The van der Waals surface area contributed by atoms with E-state index in [9.17, 15) is 0 Å². The number of ether oxygens (including phenoxy) is 1. The van der Waals surface area contributed by atoms with Crippen LogP contribution in [-0.2, 0) is 6.54 Å². The summed E-state index contributed by atoms with van der Waals surface area (Å²) >= 11 is 5.78. The van der Waals surface area contributed by atoms with Crippen molar-refractivity contribution >= 4 is 11.6 Å². The van der Waals surface area contributed by atoms with E-state index < -0.39 is 7.04 Å². The lowest BCUT2D eigenvalue weighted by atomic mass is 10.2. The highest BCUT2D eigenvalue weighted by molar-refractivity contribution is 6.32. The third-order valence-corrected chi connectivity index (χ3v) is 1.64. The lowest BCUT2D eigenvalue weighted by Crippen LogP contribution is -1.96. The van der Waals surface area contributed by atoms with E-state index in [0.717, 1.165) is 5.56 Å². The molecule has 2 nitrogen and oxygen atoms in total. The lowest BCUT2D eigenvalue weighted by Gasteiger charge is -2.03. The van der Waals surface area contributed by atoms with Crippen molar-refractivity contribution in [3.05, 3.63) is 28.8 Å². The summed E-state index contributed by atoms with van der Waals surface area (Å²) in [5.74, 6) is 0.142. The van der Waals surface area contributed by atoms with E-state index in [-0.39, 0.29) is 10.8 Å². The zero-order chi connectivity index (χ0) is 10.8. The standard InChI is InChI=1S/C8H10ClNO/c1-11-8-3-2-6(5-10)4-7(8)9/h2-4H,5,10H2,1H3/i1D3. The SMILES string of the molecule is [2H]C([2H])([2H])Oc1ccc(CN)cc1Cl. The maximum Gasteiger partial charge on any atom is 0.137 e. The summed E-state index contributed by atoms with van der Waals surface area (Å²) in [5, 5.41) is 0.254. The van der Waals surface area contributed by atoms with Crippen molar-refractivity contribution in [2.75, 3.05) is 7.04 Å². The van der Waals surface area contributed by atoms with Gasteiger partial charge in [0.1, 0.15) is 5.75 Å². The number of hydrogen-bond donors (Lipinski definition) is 1. The molecular formula is C8H10ClNO. The van der Waals surface area contributed by atoms with Gasteiger partial charge >= 0.3 is 0 Å². The summed E-state index contributed by atoms with van der Waals surface area (Å²) < 4.78 is 25.3. The second kappa shape index (κ2) is 3.60. The van der Waals surface area contributed by atoms with Crippen LogP contribution in [0.3, 0.4) is 0 Å². The Balaban J connectivity index is 2.89. The zero-order valence-corrected chi connectivity index (χ0v) is 6.56. The average Bonchev–Trinajstić information content (AvgIpc) is 2.06. The van der Waals surface area contributed by atoms with Gasteiger partial charge in [-0.1, -0.05) is 17.7 Å². The van der Waals surface area contributed by atoms with Crippen LogP contribution in [0.25, 0.3) is 0 Å². The Labute approximate surface area is 75.1 Å². The first kappa shape index (κ1) is 5.01. The van der Waals surface area contributed by atoms with Gasteiger partial charge in [0.25, 0.3) is 0 Å².